The highest BCUT2D eigenvalue weighted by molar-refractivity contribution is 5.19. The lowest BCUT2D eigenvalue weighted by Gasteiger charge is -2.28. The molecule has 2 aliphatic heterocycles. The van der Waals surface area contributed by atoms with Crippen LogP contribution in [-0.2, 0) is 4.74 Å². The van der Waals surface area contributed by atoms with Crippen molar-refractivity contribution in [2.75, 3.05) is 0 Å². The van der Waals surface area contributed by atoms with Crippen LogP contribution in [0.2, 0.25) is 0 Å². The third-order valence-electron chi connectivity index (χ3n) is 4.53. The van der Waals surface area contributed by atoms with Gasteiger partial charge in [-0.3, -0.25) is 0 Å². The second-order valence-electron chi connectivity index (χ2n) is 4.89. The van der Waals surface area contributed by atoms with Gasteiger partial charge in [-0.15, -0.1) is 0 Å². The van der Waals surface area contributed by atoms with E-state index in [1.54, 1.807) is 0 Å². The normalized spacial score (nSPS) is 64.7. The summed E-state index contributed by atoms with van der Waals surface area (Å²) < 4.78 is 5.98. The van der Waals surface area contributed by atoms with Crippen LogP contribution < -0.4 is 0 Å². The van der Waals surface area contributed by atoms with Crippen LogP contribution in [0, 0.1) is 23.7 Å². The van der Waals surface area contributed by atoms with E-state index in [1.165, 1.54) is 19.3 Å². The van der Waals surface area contributed by atoms with Gasteiger partial charge in [0.15, 0.2) is 0 Å². The molecule has 0 spiro atoms. The molecule has 1 nitrogen and oxygen atoms in total. The molecule has 2 heterocycles. The van der Waals surface area contributed by atoms with E-state index in [-0.39, 0.29) is 0 Å². The molecule has 4 aliphatic rings. The van der Waals surface area contributed by atoms with Crippen molar-refractivity contribution in [2.45, 2.75) is 31.5 Å². The minimum absolute atomic E-state index is 0.653. The highest BCUT2D eigenvalue weighted by atomic mass is 16.5. The molecule has 64 valence electrons. The Morgan fingerprint density at radius 3 is 2.08 bits per heavy atom. The average Bonchev–Trinajstić information content (AvgIpc) is 2.83. The summed E-state index contributed by atoms with van der Waals surface area (Å²) >= 11 is 0. The van der Waals surface area contributed by atoms with E-state index in [0.717, 1.165) is 23.7 Å². The minimum Gasteiger partial charge on any atom is -0.374 e. The van der Waals surface area contributed by atoms with E-state index >= 15 is 0 Å². The number of hydrogen-bond donors (Lipinski definition) is 0. The first-order chi connectivity index (χ1) is 5.93. The van der Waals surface area contributed by atoms with Crippen LogP contribution in [0.4, 0.5) is 0 Å². The molecule has 0 radical (unpaired) electrons. The fraction of sp³-hybridized carbons (Fsp3) is 0.818. The van der Waals surface area contributed by atoms with Crippen molar-refractivity contribution >= 4 is 0 Å². The summed E-state index contributed by atoms with van der Waals surface area (Å²) in [6.45, 7) is 0. The molecule has 4 rings (SSSR count). The van der Waals surface area contributed by atoms with Crippen LogP contribution in [-0.4, -0.2) is 12.2 Å². The van der Waals surface area contributed by atoms with Crippen molar-refractivity contribution in [1.82, 2.24) is 0 Å². The minimum atomic E-state index is 0.653. The number of fused-ring (bicyclic) bond motifs is 9. The monoisotopic (exact) mass is 162 g/mol. The largest absolute Gasteiger partial charge is 0.374 e. The van der Waals surface area contributed by atoms with Gasteiger partial charge < -0.3 is 4.74 Å². The van der Waals surface area contributed by atoms with Crippen molar-refractivity contribution in [2.24, 2.45) is 23.7 Å². The van der Waals surface area contributed by atoms with Crippen molar-refractivity contribution in [3.8, 4) is 0 Å². The molecule has 0 aromatic heterocycles. The van der Waals surface area contributed by atoms with Gasteiger partial charge in [-0.1, -0.05) is 12.2 Å². The van der Waals surface area contributed by atoms with Gasteiger partial charge in [0.1, 0.15) is 0 Å². The molecule has 1 heteroatoms. The first-order valence-corrected chi connectivity index (χ1v) is 5.27. The summed E-state index contributed by atoms with van der Waals surface area (Å²) in [5.41, 5.74) is 0. The standard InChI is InChI=1S/C11H14O/c1-2-7-5-6(1)10-8-3-4-9(12-8)11(7)10/h1-2,6-11H,3-5H2. The molecular formula is C11H14O. The van der Waals surface area contributed by atoms with Crippen LogP contribution in [0.15, 0.2) is 12.2 Å². The molecule has 0 aromatic carbocycles. The Morgan fingerprint density at radius 1 is 0.917 bits per heavy atom. The summed E-state index contributed by atoms with van der Waals surface area (Å²) in [5, 5.41) is 0. The number of allylic oxidation sites excluding steroid dienone is 2. The molecule has 12 heavy (non-hydrogen) atoms. The summed E-state index contributed by atoms with van der Waals surface area (Å²) in [7, 11) is 0. The summed E-state index contributed by atoms with van der Waals surface area (Å²) in [6, 6.07) is 0. The van der Waals surface area contributed by atoms with Crippen molar-refractivity contribution in [3.05, 3.63) is 12.2 Å². The molecule has 2 saturated heterocycles. The van der Waals surface area contributed by atoms with E-state index in [1.807, 2.05) is 0 Å². The zero-order valence-electron chi connectivity index (χ0n) is 7.15. The lowest BCUT2D eigenvalue weighted by atomic mass is 9.73. The third-order valence-corrected chi connectivity index (χ3v) is 4.53. The van der Waals surface area contributed by atoms with Gasteiger partial charge in [0, 0.05) is 0 Å². The van der Waals surface area contributed by atoms with Gasteiger partial charge in [-0.2, -0.15) is 0 Å². The van der Waals surface area contributed by atoms with E-state index in [4.69, 9.17) is 4.74 Å². The van der Waals surface area contributed by atoms with E-state index in [9.17, 15) is 0 Å². The summed E-state index contributed by atoms with van der Waals surface area (Å²) in [6.07, 6.45) is 10.4. The first-order valence-electron chi connectivity index (χ1n) is 5.27. The molecule has 6 atom stereocenters. The SMILES string of the molecule is C1=CC2CC1C1C3CCC(O3)C21. The average molecular weight is 162 g/mol. The predicted molar refractivity (Wildman–Crippen MR) is 45.6 cm³/mol. The molecule has 0 aromatic rings. The Balaban J connectivity index is 1.82. The Hall–Kier alpha value is -0.300. The summed E-state index contributed by atoms with van der Waals surface area (Å²) in [4.78, 5) is 0. The lowest BCUT2D eigenvalue weighted by molar-refractivity contribution is 0.0750. The Bertz CT molecular complexity index is 234. The van der Waals surface area contributed by atoms with Gasteiger partial charge in [0.2, 0.25) is 0 Å². The highest BCUT2D eigenvalue weighted by Crippen LogP contribution is 2.59. The van der Waals surface area contributed by atoms with Gasteiger partial charge >= 0.3 is 0 Å². The summed E-state index contributed by atoms with van der Waals surface area (Å²) in [5.74, 6) is 3.66. The van der Waals surface area contributed by atoms with Gasteiger partial charge in [-0.05, 0) is 42.9 Å². The lowest BCUT2D eigenvalue weighted by Crippen LogP contribution is -2.29. The predicted octanol–water partition coefficient (Wildman–Crippen LogP) is 1.99. The molecule has 0 amide bonds. The maximum absolute atomic E-state index is 5.98. The topological polar surface area (TPSA) is 9.23 Å². The van der Waals surface area contributed by atoms with Crippen LogP contribution in [0.5, 0.6) is 0 Å². The van der Waals surface area contributed by atoms with Gasteiger partial charge in [-0.25, -0.2) is 0 Å². The molecular weight excluding hydrogens is 148 g/mol. The van der Waals surface area contributed by atoms with Crippen LogP contribution >= 0.6 is 0 Å². The smallest absolute Gasteiger partial charge is 0.0617 e. The van der Waals surface area contributed by atoms with Crippen molar-refractivity contribution < 1.29 is 4.74 Å². The van der Waals surface area contributed by atoms with E-state index < -0.39 is 0 Å². The first kappa shape index (κ1) is 6.20. The Kier molecular flexibility index (Phi) is 0.926. The number of ether oxygens (including phenoxy) is 1. The molecule has 3 fully saturated rings. The molecule has 6 unspecified atom stereocenters. The Labute approximate surface area is 72.8 Å². The third kappa shape index (κ3) is 0.517. The highest BCUT2D eigenvalue weighted by Gasteiger charge is 2.59. The second-order valence-corrected chi connectivity index (χ2v) is 4.89. The number of hydrogen-bond acceptors (Lipinski definition) is 1. The maximum atomic E-state index is 5.98. The van der Waals surface area contributed by atoms with Gasteiger partial charge in [0.25, 0.3) is 0 Å². The fourth-order valence-corrected chi connectivity index (χ4v) is 4.20. The van der Waals surface area contributed by atoms with Crippen molar-refractivity contribution in [1.29, 1.82) is 0 Å². The Morgan fingerprint density at radius 2 is 1.50 bits per heavy atom. The van der Waals surface area contributed by atoms with Crippen LogP contribution in [0.25, 0.3) is 0 Å². The zero-order chi connectivity index (χ0) is 7.71. The van der Waals surface area contributed by atoms with Crippen LogP contribution in [0.3, 0.4) is 0 Å². The molecule has 1 saturated carbocycles. The zero-order valence-corrected chi connectivity index (χ0v) is 7.15. The van der Waals surface area contributed by atoms with Gasteiger partial charge in [0.05, 0.1) is 12.2 Å². The molecule has 4 bridgehead atoms. The van der Waals surface area contributed by atoms with Crippen molar-refractivity contribution in [3.63, 3.8) is 0 Å². The molecule has 0 N–H and O–H groups in total. The van der Waals surface area contributed by atoms with E-state index in [0.29, 0.717) is 12.2 Å². The maximum Gasteiger partial charge on any atom is 0.0617 e. The molecule has 2 aliphatic carbocycles. The second kappa shape index (κ2) is 1.79. The fourth-order valence-electron chi connectivity index (χ4n) is 4.20. The quantitative estimate of drug-likeness (QED) is 0.495. The van der Waals surface area contributed by atoms with Crippen LogP contribution in [0.1, 0.15) is 19.3 Å². The van der Waals surface area contributed by atoms with E-state index in [2.05, 4.69) is 12.2 Å². The number of rotatable bonds is 0.